The largest absolute Gasteiger partial charge is 0.478 e. The molecule has 3 aromatic rings. The zero-order valence-electron chi connectivity index (χ0n) is 17.9. The Morgan fingerprint density at radius 2 is 1.77 bits per heavy atom. The van der Waals surface area contributed by atoms with Crippen LogP contribution in [0.25, 0.3) is 5.69 Å². The number of benzene rings is 2. The van der Waals surface area contributed by atoms with Gasteiger partial charge in [-0.25, -0.2) is 4.79 Å². The smallest absolute Gasteiger partial charge is 0.337 e. The van der Waals surface area contributed by atoms with Crippen molar-refractivity contribution < 1.29 is 9.90 Å². The Morgan fingerprint density at radius 1 is 1.06 bits per heavy atom. The van der Waals surface area contributed by atoms with Gasteiger partial charge in [-0.2, -0.15) is 0 Å². The average Bonchev–Trinajstić information content (AvgIpc) is 3.06. The molecule has 0 atom stereocenters. The Labute approximate surface area is 188 Å². The molecule has 1 aliphatic rings. The number of hydrogen-bond acceptors (Lipinski definition) is 2. The number of halogens is 1. The zero-order valence-corrected chi connectivity index (χ0v) is 18.7. The highest BCUT2D eigenvalue weighted by molar-refractivity contribution is 6.33. The summed E-state index contributed by atoms with van der Waals surface area (Å²) < 4.78 is 2.02. The van der Waals surface area contributed by atoms with E-state index in [1.165, 1.54) is 37.7 Å². The molecule has 0 unspecified atom stereocenters. The van der Waals surface area contributed by atoms with Crippen LogP contribution in [0, 0.1) is 13.8 Å². The Hall–Kier alpha value is -2.85. The molecule has 4 rings (SSSR count). The van der Waals surface area contributed by atoms with E-state index in [1.807, 2.05) is 30.7 Å². The lowest BCUT2D eigenvalue weighted by Crippen LogP contribution is -2.04. The van der Waals surface area contributed by atoms with E-state index in [-0.39, 0.29) is 10.6 Å². The molecule has 0 saturated heterocycles. The third-order valence-electron chi connectivity index (χ3n) is 6.23. The summed E-state index contributed by atoms with van der Waals surface area (Å²) in [7, 11) is 0. The van der Waals surface area contributed by atoms with E-state index >= 15 is 0 Å². The van der Waals surface area contributed by atoms with Crippen LogP contribution in [0.1, 0.15) is 70.9 Å². The number of aliphatic imine (C=N–C) groups is 1. The Kier molecular flexibility index (Phi) is 6.28. The van der Waals surface area contributed by atoms with E-state index in [1.54, 1.807) is 12.1 Å². The number of hydrogen-bond donors (Lipinski definition) is 1. The molecule has 31 heavy (non-hydrogen) atoms. The molecule has 160 valence electrons. The van der Waals surface area contributed by atoms with E-state index in [0.717, 1.165) is 28.3 Å². The molecule has 1 aliphatic carbocycles. The quantitative estimate of drug-likeness (QED) is 0.430. The van der Waals surface area contributed by atoms with Crippen molar-refractivity contribution in [3.05, 3.63) is 81.6 Å². The second-order valence-corrected chi connectivity index (χ2v) is 8.72. The van der Waals surface area contributed by atoms with Crippen LogP contribution >= 0.6 is 11.6 Å². The summed E-state index contributed by atoms with van der Waals surface area (Å²) >= 11 is 6.03. The molecule has 0 amide bonds. The maximum atomic E-state index is 11.4. The normalized spacial score (nSPS) is 14.9. The van der Waals surface area contributed by atoms with Gasteiger partial charge in [-0.1, -0.05) is 43.0 Å². The predicted octanol–water partition coefficient (Wildman–Crippen LogP) is 7.24. The van der Waals surface area contributed by atoms with Gasteiger partial charge in [0.2, 0.25) is 0 Å². The van der Waals surface area contributed by atoms with Crippen molar-refractivity contribution >= 4 is 29.5 Å². The van der Waals surface area contributed by atoms with Gasteiger partial charge in [0.15, 0.2) is 0 Å². The minimum atomic E-state index is -1.03. The summed E-state index contributed by atoms with van der Waals surface area (Å²) in [5.41, 5.74) is 6.23. The fraction of sp³-hybridized carbons (Fsp3) is 0.308. The predicted molar refractivity (Wildman–Crippen MR) is 127 cm³/mol. The number of nitrogens with zero attached hydrogens (tertiary/aromatic N) is 2. The van der Waals surface area contributed by atoms with Crippen molar-refractivity contribution in [2.45, 2.75) is 51.9 Å². The monoisotopic (exact) mass is 434 g/mol. The standard InChI is InChI=1S/C26H27ClN2O2/c1-17-14-21(18(2)29(17)23-12-13-25(27)24(15-23)26(30)31)16-28-22-10-8-20(9-11-22)19-6-4-3-5-7-19/h8-16,19H,3-7H2,1-2H3,(H,30,31). The topological polar surface area (TPSA) is 54.6 Å². The lowest BCUT2D eigenvalue weighted by molar-refractivity contribution is 0.0697. The van der Waals surface area contributed by atoms with Gasteiger partial charge in [-0.3, -0.25) is 4.99 Å². The van der Waals surface area contributed by atoms with Gasteiger partial charge < -0.3 is 9.67 Å². The summed E-state index contributed by atoms with van der Waals surface area (Å²) in [6.07, 6.45) is 8.50. The fourth-order valence-corrected chi connectivity index (χ4v) is 4.74. The molecule has 0 bridgehead atoms. The van der Waals surface area contributed by atoms with E-state index in [2.05, 4.69) is 35.3 Å². The molecule has 0 spiro atoms. The van der Waals surface area contributed by atoms with Crippen LogP contribution in [0.3, 0.4) is 0 Å². The van der Waals surface area contributed by atoms with Crippen LogP contribution in [0.15, 0.2) is 53.5 Å². The van der Waals surface area contributed by atoms with Crippen molar-refractivity contribution in [3.8, 4) is 5.69 Å². The Bertz CT molecular complexity index is 1120. The number of aromatic nitrogens is 1. The Morgan fingerprint density at radius 3 is 2.45 bits per heavy atom. The highest BCUT2D eigenvalue weighted by Crippen LogP contribution is 2.33. The SMILES string of the molecule is Cc1cc(C=Nc2ccc(C3CCCCC3)cc2)c(C)n1-c1ccc(Cl)c(C(=O)O)c1. The summed E-state index contributed by atoms with van der Waals surface area (Å²) in [6, 6.07) is 15.7. The molecular formula is C26H27ClN2O2. The number of rotatable bonds is 5. The minimum absolute atomic E-state index is 0.0972. The van der Waals surface area contributed by atoms with E-state index in [9.17, 15) is 9.90 Å². The van der Waals surface area contributed by atoms with Gasteiger partial charge in [-0.15, -0.1) is 0 Å². The molecule has 1 saturated carbocycles. The molecule has 2 aromatic carbocycles. The van der Waals surface area contributed by atoms with Crippen LogP contribution in [-0.4, -0.2) is 21.9 Å². The second-order valence-electron chi connectivity index (χ2n) is 8.32. The molecule has 1 aromatic heterocycles. The molecule has 0 radical (unpaired) electrons. The third-order valence-corrected chi connectivity index (χ3v) is 6.56. The number of carboxylic acids is 1. The van der Waals surface area contributed by atoms with E-state index < -0.39 is 5.97 Å². The van der Waals surface area contributed by atoms with Crippen LogP contribution in [-0.2, 0) is 0 Å². The lowest BCUT2D eigenvalue weighted by atomic mass is 9.84. The van der Waals surface area contributed by atoms with Crippen molar-refractivity contribution in [3.63, 3.8) is 0 Å². The number of carbonyl (C=O) groups is 1. The van der Waals surface area contributed by atoms with Crippen molar-refractivity contribution in [1.82, 2.24) is 4.57 Å². The molecule has 0 aliphatic heterocycles. The summed E-state index contributed by atoms with van der Waals surface area (Å²) in [4.78, 5) is 16.1. The van der Waals surface area contributed by atoms with E-state index in [0.29, 0.717) is 5.92 Å². The number of aromatic carboxylic acids is 1. The van der Waals surface area contributed by atoms with Gasteiger partial charge in [0.1, 0.15) is 0 Å². The molecule has 1 fully saturated rings. The van der Waals surface area contributed by atoms with Crippen molar-refractivity contribution in [1.29, 1.82) is 0 Å². The van der Waals surface area contributed by atoms with Crippen molar-refractivity contribution in [2.24, 2.45) is 4.99 Å². The maximum absolute atomic E-state index is 11.4. The number of carboxylic acid groups (broad SMARTS) is 1. The molecule has 1 heterocycles. The highest BCUT2D eigenvalue weighted by atomic mass is 35.5. The summed E-state index contributed by atoms with van der Waals surface area (Å²) in [5, 5.41) is 9.61. The highest BCUT2D eigenvalue weighted by Gasteiger charge is 2.16. The summed E-state index contributed by atoms with van der Waals surface area (Å²) in [5.74, 6) is -0.339. The number of aryl methyl sites for hydroxylation is 1. The van der Waals surface area contributed by atoms with Gasteiger partial charge in [-0.05, 0) is 74.6 Å². The molecular weight excluding hydrogens is 408 g/mol. The average molecular weight is 435 g/mol. The zero-order chi connectivity index (χ0) is 22.0. The first-order valence-corrected chi connectivity index (χ1v) is 11.2. The first-order valence-electron chi connectivity index (χ1n) is 10.8. The van der Waals surface area contributed by atoms with Gasteiger partial charge in [0.05, 0.1) is 16.3 Å². The van der Waals surface area contributed by atoms with Crippen LogP contribution < -0.4 is 0 Å². The van der Waals surface area contributed by atoms with Gasteiger partial charge in [0.25, 0.3) is 0 Å². The molecule has 5 heteroatoms. The van der Waals surface area contributed by atoms with Gasteiger partial charge >= 0.3 is 5.97 Å². The van der Waals surface area contributed by atoms with Crippen LogP contribution in [0.2, 0.25) is 5.02 Å². The van der Waals surface area contributed by atoms with Crippen molar-refractivity contribution in [2.75, 3.05) is 0 Å². The second kappa shape index (κ2) is 9.11. The Balaban J connectivity index is 1.57. The minimum Gasteiger partial charge on any atom is -0.478 e. The molecule has 1 N–H and O–H groups in total. The lowest BCUT2D eigenvalue weighted by Gasteiger charge is -2.21. The first-order chi connectivity index (χ1) is 14.9. The first kappa shape index (κ1) is 21.4. The van der Waals surface area contributed by atoms with Crippen LogP contribution in [0.4, 0.5) is 5.69 Å². The van der Waals surface area contributed by atoms with Gasteiger partial charge in [0, 0.05) is 28.9 Å². The fourth-order valence-electron chi connectivity index (χ4n) is 4.54. The summed E-state index contributed by atoms with van der Waals surface area (Å²) in [6.45, 7) is 4.01. The molecule has 4 nitrogen and oxygen atoms in total. The van der Waals surface area contributed by atoms with E-state index in [4.69, 9.17) is 11.6 Å². The van der Waals surface area contributed by atoms with Crippen LogP contribution in [0.5, 0.6) is 0 Å². The third kappa shape index (κ3) is 4.59. The maximum Gasteiger partial charge on any atom is 0.337 e.